The quantitative estimate of drug-likeness (QED) is 0.590. The largest absolute Gasteiger partial charge is 0.467 e. The molecule has 8 heteroatoms. The van der Waals surface area contributed by atoms with Gasteiger partial charge in [0, 0.05) is 6.42 Å². The second kappa shape index (κ2) is 6.14. The van der Waals surface area contributed by atoms with Crippen molar-refractivity contribution < 1.29 is 27.9 Å². The molecule has 18 heavy (non-hydrogen) atoms. The van der Waals surface area contributed by atoms with Gasteiger partial charge in [-0.05, 0) is 12.3 Å². The molecule has 1 saturated heterocycles. The fourth-order valence-electron chi connectivity index (χ4n) is 1.87. The maximum atomic E-state index is 11.6. The number of carbonyl (C=O) groups is 2. The first kappa shape index (κ1) is 14.9. The summed E-state index contributed by atoms with van der Waals surface area (Å²) in [6.07, 6.45) is 0.491. The van der Waals surface area contributed by atoms with Crippen LogP contribution in [0.1, 0.15) is 12.8 Å². The van der Waals surface area contributed by atoms with Gasteiger partial charge in [-0.25, -0.2) is 13.2 Å². The molecule has 1 rings (SSSR count). The lowest BCUT2D eigenvalue weighted by atomic mass is 10.0. The van der Waals surface area contributed by atoms with Gasteiger partial charge < -0.3 is 15.2 Å². The van der Waals surface area contributed by atoms with E-state index >= 15 is 0 Å². The monoisotopic (exact) mass is 279 g/mol. The van der Waals surface area contributed by atoms with E-state index in [1.54, 1.807) is 0 Å². The van der Waals surface area contributed by atoms with Crippen LogP contribution in [0.5, 0.6) is 0 Å². The zero-order valence-corrected chi connectivity index (χ0v) is 10.9. The van der Waals surface area contributed by atoms with Crippen molar-refractivity contribution in [2.24, 2.45) is 5.92 Å². The van der Waals surface area contributed by atoms with Crippen LogP contribution >= 0.6 is 0 Å². The topological polar surface area (TPSA) is 110 Å². The van der Waals surface area contributed by atoms with Gasteiger partial charge in [0.15, 0.2) is 15.9 Å². The summed E-state index contributed by atoms with van der Waals surface area (Å²) in [5.41, 5.74) is 0. The van der Waals surface area contributed by atoms with E-state index in [9.17, 15) is 18.0 Å². The van der Waals surface area contributed by atoms with Crippen molar-refractivity contribution in [1.82, 2.24) is 5.32 Å². The second-order valence-corrected chi connectivity index (χ2v) is 6.53. The van der Waals surface area contributed by atoms with Gasteiger partial charge in [-0.1, -0.05) is 0 Å². The Morgan fingerprint density at radius 1 is 1.50 bits per heavy atom. The Labute approximate surface area is 105 Å². The van der Waals surface area contributed by atoms with Crippen molar-refractivity contribution in [3.63, 3.8) is 0 Å². The van der Waals surface area contributed by atoms with Gasteiger partial charge in [-0.3, -0.25) is 4.79 Å². The highest BCUT2D eigenvalue weighted by Crippen LogP contribution is 2.21. The smallest absolute Gasteiger partial charge is 0.330 e. The minimum Gasteiger partial charge on any atom is -0.467 e. The molecule has 1 aliphatic heterocycles. The lowest BCUT2D eigenvalue weighted by Crippen LogP contribution is -2.44. The Morgan fingerprint density at radius 2 is 2.17 bits per heavy atom. The van der Waals surface area contributed by atoms with Crippen molar-refractivity contribution in [2.45, 2.75) is 18.9 Å². The Kier molecular flexibility index (Phi) is 5.09. The van der Waals surface area contributed by atoms with Gasteiger partial charge in [0.25, 0.3) is 0 Å². The number of carbonyl (C=O) groups excluding carboxylic acids is 2. The number of aliphatic hydroxyl groups is 1. The number of esters is 1. The van der Waals surface area contributed by atoms with Crippen LogP contribution in [0, 0.1) is 5.92 Å². The summed E-state index contributed by atoms with van der Waals surface area (Å²) < 4.78 is 26.8. The van der Waals surface area contributed by atoms with E-state index < -0.39 is 34.4 Å². The summed E-state index contributed by atoms with van der Waals surface area (Å²) in [4.78, 5) is 22.7. The zero-order chi connectivity index (χ0) is 13.8. The SMILES string of the molecule is COC(=O)C(CO)NC(=O)CC1CCS(=O)(=O)C1. The van der Waals surface area contributed by atoms with Crippen molar-refractivity contribution >= 4 is 21.7 Å². The normalized spacial score (nSPS) is 23.3. The summed E-state index contributed by atoms with van der Waals surface area (Å²) in [6, 6.07) is -1.10. The van der Waals surface area contributed by atoms with Crippen LogP contribution < -0.4 is 5.32 Å². The molecule has 1 fully saturated rings. The number of methoxy groups -OCH3 is 1. The van der Waals surface area contributed by atoms with Gasteiger partial charge >= 0.3 is 5.97 Å². The first-order chi connectivity index (χ1) is 8.38. The predicted octanol–water partition coefficient (Wildman–Crippen LogP) is -1.54. The molecule has 0 saturated carbocycles. The van der Waals surface area contributed by atoms with Crippen LogP contribution in [0.15, 0.2) is 0 Å². The predicted molar refractivity (Wildman–Crippen MR) is 62.4 cm³/mol. The summed E-state index contributed by atoms with van der Waals surface area (Å²) in [6.45, 7) is -0.554. The molecular weight excluding hydrogens is 262 g/mol. The molecule has 0 aromatic carbocycles. The van der Waals surface area contributed by atoms with Crippen molar-refractivity contribution in [3.8, 4) is 0 Å². The molecule has 0 spiro atoms. The molecule has 0 aliphatic carbocycles. The number of ether oxygens (including phenoxy) is 1. The highest BCUT2D eigenvalue weighted by molar-refractivity contribution is 7.91. The summed E-state index contributed by atoms with van der Waals surface area (Å²) in [5.74, 6) is -1.30. The second-order valence-electron chi connectivity index (χ2n) is 4.30. The highest BCUT2D eigenvalue weighted by atomic mass is 32.2. The van der Waals surface area contributed by atoms with Crippen LogP contribution in [0.2, 0.25) is 0 Å². The summed E-state index contributed by atoms with van der Waals surface area (Å²) in [5, 5.41) is 11.2. The Morgan fingerprint density at radius 3 is 2.61 bits per heavy atom. The van der Waals surface area contributed by atoms with E-state index in [0.717, 1.165) is 7.11 Å². The molecule has 7 nitrogen and oxygen atoms in total. The average molecular weight is 279 g/mol. The molecular formula is C10H17NO6S. The van der Waals surface area contributed by atoms with Gasteiger partial charge in [0.1, 0.15) is 0 Å². The van der Waals surface area contributed by atoms with E-state index in [2.05, 4.69) is 10.1 Å². The van der Waals surface area contributed by atoms with Crippen LogP contribution in [0.25, 0.3) is 0 Å². The lowest BCUT2D eigenvalue weighted by molar-refractivity contribution is -0.146. The molecule has 1 amide bonds. The van der Waals surface area contributed by atoms with Crippen molar-refractivity contribution in [3.05, 3.63) is 0 Å². The molecule has 1 heterocycles. The van der Waals surface area contributed by atoms with Crippen LogP contribution in [0.4, 0.5) is 0 Å². The van der Waals surface area contributed by atoms with Gasteiger partial charge in [-0.15, -0.1) is 0 Å². The number of sulfone groups is 1. The van der Waals surface area contributed by atoms with E-state index in [1.165, 1.54) is 0 Å². The van der Waals surface area contributed by atoms with E-state index in [0.29, 0.717) is 6.42 Å². The molecule has 1 aliphatic rings. The third-order valence-corrected chi connectivity index (χ3v) is 4.64. The van der Waals surface area contributed by atoms with Crippen molar-refractivity contribution in [2.75, 3.05) is 25.2 Å². The zero-order valence-electron chi connectivity index (χ0n) is 10.1. The van der Waals surface area contributed by atoms with Gasteiger partial charge in [-0.2, -0.15) is 0 Å². The van der Waals surface area contributed by atoms with E-state index in [4.69, 9.17) is 5.11 Å². The van der Waals surface area contributed by atoms with E-state index in [-0.39, 0.29) is 23.8 Å². The Balaban J connectivity index is 2.44. The minimum absolute atomic E-state index is 0.00242. The van der Waals surface area contributed by atoms with Crippen molar-refractivity contribution in [1.29, 1.82) is 0 Å². The average Bonchev–Trinajstić information content (AvgIpc) is 2.64. The molecule has 0 radical (unpaired) electrons. The molecule has 0 aromatic rings. The van der Waals surface area contributed by atoms with E-state index in [1.807, 2.05) is 0 Å². The maximum Gasteiger partial charge on any atom is 0.330 e. The maximum absolute atomic E-state index is 11.6. The molecule has 104 valence electrons. The number of amides is 1. The fourth-order valence-corrected chi connectivity index (χ4v) is 3.73. The van der Waals surface area contributed by atoms with Crippen LogP contribution in [0.3, 0.4) is 0 Å². The number of aliphatic hydroxyl groups excluding tert-OH is 1. The van der Waals surface area contributed by atoms with Crippen LogP contribution in [-0.2, 0) is 24.2 Å². The van der Waals surface area contributed by atoms with Crippen LogP contribution in [-0.4, -0.2) is 56.7 Å². The lowest BCUT2D eigenvalue weighted by Gasteiger charge is -2.15. The highest BCUT2D eigenvalue weighted by Gasteiger charge is 2.30. The summed E-state index contributed by atoms with van der Waals surface area (Å²) in [7, 11) is -1.86. The third-order valence-electron chi connectivity index (χ3n) is 2.80. The van der Waals surface area contributed by atoms with Gasteiger partial charge in [0.05, 0.1) is 25.2 Å². The molecule has 2 atom stereocenters. The third kappa shape index (κ3) is 4.26. The number of rotatable bonds is 5. The first-order valence-corrected chi connectivity index (χ1v) is 7.38. The molecule has 0 bridgehead atoms. The number of nitrogens with one attached hydrogen (secondary N) is 1. The first-order valence-electron chi connectivity index (χ1n) is 5.56. The fraction of sp³-hybridized carbons (Fsp3) is 0.800. The van der Waals surface area contributed by atoms with Gasteiger partial charge in [0.2, 0.25) is 5.91 Å². The standard InChI is InChI=1S/C10H17NO6S/c1-17-10(14)8(5-12)11-9(13)4-7-2-3-18(15,16)6-7/h7-8,12H,2-6H2,1H3,(H,11,13). The Hall–Kier alpha value is -1.15. The minimum atomic E-state index is -3.02. The number of hydrogen-bond acceptors (Lipinski definition) is 6. The Bertz CT molecular complexity index is 418. The molecule has 0 aromatic heterocycles. The molecule has 2 unspecified atom stereocenters. The number of hydrogen-bond donors (Lipinski definition) is 2. The summed E-state index contributed by atoms with van der Waals surface area (Å²) >= 11 is 0. The molecule has 2 N–H and O–H groups in total.